The summed E-state index contributed by atoms with van der Waals surface area (Å²) in [5.41, 5.74) is 1.32. The molecule has 0 radical (unpaired) electrons. The lowest BCUT2D eigenvalue weighted by molar-refractivity contribution is -0.172. The van der Waals surface area contributed by atoms with Crippen LogP contribution in [0.2, 0.25) is 4.34 Å². The molecule has 0 saturated carbocycles. The molecule has 0 bridgehead atoms. The summed E-state index contributed by atoms with van der Waals surface area (Å²) in [6.07, 6.45) is -0.595. The van der Waals surface area contributed by atoms with Crippen LogP contribution in [0.15, 0.2) is 23.6 Å². The van der Waals surface area contributed by atoms with E-state index in [9.17, 15) is 4.79 Å². The third kappa shape index (κ3) is 4.35. The van der Waals surface area contributed by atoms with Crippen LogP contribution in [-0.2, 0) is 20.9 Å². The molecule has 0 fully saturated rings. The van der Waals surface area contributed by atoms with Gasteiger partial charge in [0.2, 0.25) is 6.29 Å². The van der Waals surface area contributed by atoms with E-state index in [1.54, 1.807) is 13.8 Å². The molecule has 5 heteroatoms. The minimum atomic E-state index is -0.595. The molecule has 0 saturated heterocycles. The van der Waals surface area contributed by atoms with E-state index >= 15 is 0 Å². The van der Waals surface area contributed by atoms with Gasteiger partial charge in [-0.25, -0.2) is 4.79 Å². The first-order valence-electron chi connectivity index (χ1n) is 4.70. The average Bonchev–Trinajstić information content (AvgIpc) is 2.61. The first kappa shape index (κ1) is 13.2. The van der Waals surface area contributed by atoms with Crippen molar-refractivity contribution in [3.8, 4) is 0 Å². The predicted octanol–water partition coefficient (Wildman–Crippen LogP) is 3.38. The topological polar surface area (TPSA) is 35.5 Å². The number of hydrogen-bond acceptors (Lipinski definition) is 4. The van der Waals surface area contributed by atoms with Crippen molar-refractivity contribution in [3.63, 3.8) is 0 Å². The maximum absolute atomic E-state index is 11.1. The molecule has 3 nitrogen and oxygen atoms in total. The number of halogens is 1. The molecule has 1 atom stereocenters. The van der Waals surface area contributed by atoms with Crippen LogP contribution >= 0.6 is 22.9 Å². The van der Waals surface area contributed by atoms with Gasteiger partial charge in [-0.3, -0.25) is 0 Å². The van der Waals surface area contributed by atoms with Crippen molar-refractivity contribution in [2.24, 2.45) is 0 Å². The highest BCUT2D eigenvalue weighted by Gasteiger charge is 2.10. The van der Waals surface area contributed by atoms with Crippen LogP contribution in [0.4, 0.5) is 0 Å². The van der Waals surface area contributed by atoms with Crippen LogP contribution in [0.3, 0.4) is 0 Å². The number of thiophene rings is 1. The summed E-state index contributed by atoms with van der Waals surface area (Å²) in [6.45, 7) is 7.11. The summed E-state index contributed by atoms with van der Waals surface area (Å²) in [6, 6.07) is 1.82. The molecule has 1 rings (SSSR count). The third-order valence-electron chi connectivity index (χ3n) is 1.73. The Morgan fingerprint density at radius 1 is 1.69 bits per heavy atom. The second-order valence-corrected chi connectivity index (χ2v) is 4.87. The highest BCUT2D eigenvalue weighted by atomic mass is 35.5. The maximum atomic E-state index is 11.1. The van der Waals surface area contributed by atoms with Crippen molar-refractivity contribution in [3.05, 3.63) is 33.5 Å². The second kappa shape index (κ2) is 6.03. The van der Waals surface area contributed by atoms with Gasteiger partial charge in [-0.1, -0.05) is 18.2 Å². The van der Waals surface area contributed by atoms with Crippen LogP contribution in [0.25, 0.3) is 0 Å². The molecule has 1 heterocycles. The van der Waals surface area contributed by atoms with Crippen LogP contribution < -0.4 is 0 Å². The number of hydrogen-bond donors (Lipinski definition) is 0. The Morgan fingerprint density at radius 2 is 2.38 bits per heavy atom. The summed E-state index contributed by atoms with van der Waals surface area (Å²) in [7, 11) is 0. The SMILES string of the molecule is C=C(C)C(=O)OC(C)OCc1csc(Cl)c1. The van der Waals surface area contributed by atoms with Gasteiger partial charge >= 0.3 is 5.97 Å². The molecule has 1 aromatic rings. The van der Waals surface area contributed by atoms with Crippen molar-refractivity contribution in [1.29, 1.82) is 0 Å². The summed E-state index contributed by atoms with van der Waals surface area (Å²) in [5, 5.41) is 1.90. The van der Waals surface area contributed by atoms with Crippen LogP contribution in [-0.4, -0.2) is 12.3 Å². The zero-order chi connectivity index (χ0) is 12.1. The fourth-order valence-electron chi connectivity index (χ4n) is 0.920. The monoisotopic (exact) mass is 260 g/mol. The summed E-state index contributed by atoms with van der Waals surface area (Å²) in [4.78, 5) is 11.1. The highest BCUT2D eigenvalue weighted by Crippen LogP contribution is 2.20. The second-order valence-electron chi connectivity index (χ2n) is 3.32. The lowest BCUT2D eigenvalue weighted by Crippen LogP contribution is -2.18. The Hall–Kier alpha value is -0.840. The van der Waals surface area contributed by atoms with Gasteiger partial charge in [-0.05, 0) is 30.9 Å². The molecule has 0 aliphatic carbocycles. The Labute approximate surface area is 104 Å². The zero-order valence-corrected chi connectivity index (χ0v) is 10.7. The third-order valence-corrected chi connectivity index (χ3v) is 2.87. The normalized spacial score (nSPS) is 12.2. The number of ether oxygens (including phenoxy) is 2. The molecule has 16 heavy (non-hydrogen) atoms. The van der Waals surface area contributed by atoms with Crippen molar-refractivity contribution >= 4 is 28.9 Å². The maximum Gasteiger partial charge on any atom is 0.335 e. The molecule has 1 unspecified atom stereocenters. The van der Waals surface area contributed by atoms with E-state index in [1.165, 1.54) is 11.3 Å². The Balaban J connectivity index is 2.33. The quantitative estimate of drug-likeness (QED) is 0.463. The fraction of sp³-hybridized carbons (Fsp3) is 0.364. The zero-order valence-electron chi connectivity index (χ0n) is 9.16. The Morgan fingerprint density at radius 3 is 2.88 bits per heavy atom. The van der Waals surface area contributed by atoms with E-state index in [0.717, 1.165) is 5.56 Å². The molecule has 1 aromatic heterocycles. The van der Waals surface area contributed by atoms with Crippen molar-refractivity contribution < 1.29 is 14.3 Å². The van der Waals surface area contributed by atoms with Gasteiger partial charge in [-0.15, -0.1) is 11.3 Å². The number of esters is 1. The smallest absolute Gasteiger partial charge is 0.335 e. The molecule has 0 spiro atoms. The number of carbonyl (C=O) groups excluding carboxylic acids is 1. The first-order valence-corrected chi connectivity index (χ1v) is 5.96. The standard InChI is InChI=1S/C11H13ClO3S/c1-7(2)11(13)15-8(3)14-5-9-4-10(12)16-6-9/h4,6,8H,1,5H2,2-3H3. The Kier molecular flexibility index (Phi) is 4.99. The van der Waals surface area contributed by atoms with E-state index < -0.39 is 12.3 Å². The van der Waals surface area contributed by atoms with Gasteiger partial charge in [0.25, 0.3) is 0 Å². The molecular weight excluding hydrogens is 248 g/mol. The molecular formula is C11H13ClO3S. The predicted molar refractivity (Wildman–Crippen MR) is 64.5 cm³/mol. The lowest BCUT2D eigenvalue weighted by Gasteiger charge is -2.13. The summed E-state index contributed by atoms with van der Waals surface area (Å²) >= 11 is 7.21. The largest absolute Gasteiger partial charge is 0.433 e. The molecule has 0 aliphatic heterocycles. The first-order chi connectivity index (χ1) is 7.49. The van der Waals surface area contributed by atoms with Crippen LogP contribution in [0, 0.1) is 0 Å². The lowest BCUT2D eigenvalue weighted by atomic mass is 10.4. The van der Waals surface area contributed by atoms with E-state index in [4.69, 9.17) is 21.1 Å². The van der Waals surface area contributed by atoms with Gasteiger partial charge < -0.3 is 9.47 Å². The van der Waals surface area contributed by atoms with Crippen molar-refractivity contribution in [2.45, 2.75) is 26.7 Å². The minimum Gasteiger partial charge on any atom is -0.433 e. The van der Waals surface area contributed by atoms with Gasteiger partial charge in [-0.2, -0.15) is 0 Å². The van der Waals surface area contributed by atoms with E-state index in [0.29, 0.717) is 16.5 Å². The van der Waals surface area contributed by atoms with E-state index in [2.05, 4.69) is 6.58 Å². The number of rotatable bonds is 5. The van der Waals surface area contributed by atoms with Gasteiger partial charge in [0, 0.05) is 5.57 Å². The fourth-order valence-corrected chi connectivity index (χ4v) is 1.81. The van der Waals surface area contributed by atoms with Gasteiger partial charge in [0.05, 0.1) is 10.9 Å². The number of carbonyl (C=O) groups is 1. The molecule has 0 aliphatic rings. The molecule has 0 N–H and O–H groups in total. The average molecular weight is 261 g/mol. The van der Waals surface area contributed by atoms with E-state index in [1.807, 2.05) is 11.4 Å². The summed E-state index contributed by atoms with van der Waals surface area (Å²) in [5.74, 6) is -0.448. The van der Waals surface area contributed by atoms with Crippen molar-refractivity contribution in [2.75, 3.05) is 0 Å². The summed E-state index contributed by atoms with van der Waals surface area (Å²) < 4.78 is 11.0. The van der Waals surface area contributed by atoms with Gasteiger partial charge in [0.15, 0.2) is 0 Å². The van der Waals surface area contributed by atoms with Crippen LogP contribution in [0.1, 0.15) is 19.4 Å². The van der Waals surface area contributed by atoms with E-state index in [-0.39, 0.29) is 0 Å². The van der Waals surface area contributed by atoms with Crippen LogP contribution in [0.5, 0.6) is 0 Å². The minimum absolute atomic E-state index is 0.356. The van der Waals surface area contributed by atoms with Gasteiger partial charge in [0.1, 0.15) is 0 Å². The highest BCUT2D eigenvalue weighted by molar-refractivity contribution is 7.14. The van der Waals surface area contributed by atoms with Crippen molar-refractivity contribution in [1.82, 2.24) is 0 Å². The molecule has 0 amide bonds. The Bertz CT molecular complexity index is 386. The molecule has 88 valence electrons. The molecule has 0 aromatic carbocycles.